The lowest BCUT2D eigenvalue weighted by Gasteiger charge is -2.21. The Morgan fingerprint density at radius 3 is 2.21 bits per heavy atom. The summed E-state index contributed by atoms with van der Waals surface area (Å²) in [5.41, 5.74) is 2.55. The molecule has 0 aliphatic rings. The predicted molar refractivity (Wildman–Crippen MR) is 127 cm³/mol. The maximum atomic E-state index is 13.5. The minimum absolute atomic E-state index is 0.0190. The van der Waals surface area contributed by atoms with E-state index in [0.717, 1.165) is 29.5 Å². The topological polar surface area (TPSA) is 35.5 Å². The van der Waals surface area contributed by atoms with Gasteiger partial charge in [0.25, 0.3) is 0 Å². The summed E-state index contributed by atoms with van der Waals surface area (Å²) in [7, 11) is 0. The van der Waals surface area contributed by atoms with Gasteiger partial charge in [0.05, 0.1) is 5.56 Å². The number of carbonyl (C=O) groups excluding carboxylic acids is 1. The van der Waals surface area contributed by atoms with E-state index >= 15 is 0 Å². The van der Waals surface area contributed by atoms with E-state index in [0.29, 0.717) is 18.6 Å². The number of unbranched alkanes of at least 4 members (excludes halogenated alkanes) is 3. The Bertz CT molecular complexity index is 1030. The molecule has 0 aliphatic heterocycles. The van der Waals surface area contributed by atoms with Gasteiger partial charge in [-0.25, -0.2) is 4.79 Å². The first-order valence-corrected chi connectivity index (χ1v) is 11.5. The van der Waals surface area contributed by atoms with Crippen molar-refractivity contribution >= 4 is 5.97 Å². The molecule has 34 heavy (non-hydrogen) atoms. The molecule has 180 valence electrons. The Morgan fingerprint density at radius 1 is 0.882 bits per heavy atom. The number of benzene rings is 3. The van der Waals surface area contributed by atoms with Crippen LogP contribution in [-0.4, -0.2) is 18.2 Å². The van der Waals surface area contributed by atoms with Crippen molar-refractivity contribution in [3.63, 3.8) is 0 Å². The van der Waals surface area contributed by atoms with Crippen LogP contribution >= 0.6 is 0 Å². The Labute approximate surface area is 198 Å². The van der Waals surface area contributed by atoms with Crippen molar-refractivity contribution in [3.05, 3.63) is 90.0 Å². The molecule has 0 aliphatic carbocycles. The molecule has 0 heterocycles. The van der Waals surface area contributed by atoms with Crippen molar-refractivity contribution < 1.29 is 27.4 Å². The molecule has 0 amide bonds. The van der Waals surface area contributed by atoms with Gasteiger partial charge in [0.15, 0.2) is 6.10 Å². The summed E-state index contributed by atoms with van der Waals surface area (Å²) >= 11 is 0. The van der Waals surface area contributed by atoms with Crippen LogP contribution in [0.3, 0.4) is 0 Å². The molecule has 0 aromatic heterocycles. The zero-order chi connectivity index (χ0) is 24.4. The van der Waals surface area contributed by atoms with Crippen molar-refractivity contribution in [2.75, 3.05) is 0 Å². The molecular formula is C28H29F3O3. The molecule has 6 heteroatoms. The van der Waals surface area contributed by atoms with Crippen molar-refractivity contribution in [1.82, 2.24) is 0 Å². The van der Waals surface area contributed by atoms with Crippen LogP contribution in [0.1, 0.15) is 54.9 Å². The first-order valence-electron chi connectivity index (χ1n) is 11.5. The predicted octanol–water partition coefficient (Wildman–Crippen LogP) is 7.99. The quantitative estimate of drug-likeness (QED) is 0.210. The number of carbonyl (C=O) groups is 1. The van der Waals surface area contributed by atoms with Gasteiger partial charge in [0, 0.05) is 5.56 Å². The van der Waals surface area contributed by atoms with E-state index in [4.69, 9.17) is 9.47 Å². The first-order chi connectivity index (χ1) is 16.4. The second kappa shape index (κ2) is 12.3. The van der Waals surface area contributed by atoms with Crippen LogP contribution in [0.25, 0.3) is 11.1 Å². The summed E-state index contributed by atoms with van der Waals surface area (Å²) < 4.78 is 51.4. The molecule has 0 spiro atoms. The third kappa shape index (κ3) is 7.37. The van der Waals surface area contributed by atoms with Crippen molar-refractivity contribution in [2.45, 2.75) is 57.9 Å². The Hall–Kier alpha value is -3.28. The van der Waals surface area contributed by atoms with Gasteiger partial charge in [-0.15, -0.1) is 0 Å². The number of rotatable bonds is 11. The summed E-state index contributed by atoms with van der Waals surface area (Å²) in [6.45, 7) is 2.24. The minimum Gasteiger partial charge on any atom is -0.488 e. The smallest absolute Gasteiger partial charge is 0.425 e. The highest BCUT2D eigenvalue weighted by atomic mass is 19.4. The van der Waals surface area contributed by atoms with Gasteiger partial charge in [-0.2, -0.15) is 13.2 Å². The number of esters is 1. The van der Waals surface area contributed by atoms with Crippen LogP contribution in [0.2, 0.25) is 0 Å². The van der Waals surface area contributed by atoms with Gasteiger partial charge in [-0.3, -0.25) is 0 Å². The maximum Gasteiger partial charge on any atom is 0.425 e. The number of halogens is 3. The van der Waals surface area contributed by atoms with Crippen LogP contribution in [-0.2, 0) is 11.3 Å². The highest BCUT2D eigenvalue weighted by Gasteiger charge is 2.42. The molecule has 0 N–H and O–H groups in total. The van der Waals surface area contributed by atoms with E-state index in [1.54, 1.807) is 6.07 Å². The third-order valence-electron chi connectivity index (χ3n) is 5.47. The maximum absolute atomic E-state index is 13.5. The van der Waals surface area contributed by atoms with Gasteiger partial charge in [0.1, 0.15) is 12.4 Å². The zero-order valence-electron chi connectivity index (χ0n) is 19.2. The lowest BCUT2D eigenvalue weighted by atomic mass is 10.0. The normalized spacial score (nSPS) is 12.2. The molecular weight excluding hydrogens is 441 g/mol. The fourth-order valence-corrected chi connectivity index (χ4v) is 3.60. The summed E-state index contributed by atoms with van der Waals surface area (Å²) in [6, 6.07) is 23.6. The number of hydrogen-bond donors (Lipinski definition) is 0. The van der Waals surface area contributed by atoms with E-state index in [2.05, 4.69) is 0 Å². The molecule has 0 saturated heterocycles. The van der Waals surface area contributed by atoms with E-state index in [9.17, 15) is 18.0 Å². The van der Waals surface area contributed by atoms with E-state index in [1.165, 1.54) is 12.1 Å². The Morgan fingerprint density at radius 2 is 1.56 bits per heavy atom. The van der Waals surface area contributed by atoms with Gasteiger partial charge in [-0.05, 0) is 42.2 Å². The van der Waals surface area contributed by atoms with Gasteiger partial charge in [-0.1, -0.05) is 86.8 Å². The molecule has 3 nitrogen and oxygen atoms in total. The minimum atomic E-state index is -4.61. The first kappa shape index (κ1) is 25.3. The second-order valence-electron chi connectivity index (χ2n) is 8.14. The van der Waals surface area contributed by atoms with Crippen LogP contribution in [0, 0.1) is 0 Å². The Balaban J connectivity index is 1.81. The lowest BCUT2D eigenvalue weighted by Crippen LogP contribution is -2.33. The molecule has 3 aromatic rings. The number of hydrogen-bond acceptors (Lipinski definition) is 3. The number of alkyl halides is 3. The fraction of sp³-hybridized carbons (Fsp3) is 0.321. The molecule has 3 rings (SSSR count). The summed E-state index contributed by atoms with van der Waals surface area (Å²) in [4.78, 5) is 12.7. The van der Waals surface area contributed by atoms with Crippen molar-refractivity contribution in [2.24, 2.45) is 0 Å². The average molecular weight is 471 g/mol. The van der Waals surface area contributed by atoms with Crippen molar-refractivity contribution in [3.8, 4) is 16.9 Å². The molecule has 1 unspecified atom stereocenters. The molecule has 1 atom stereocenters. The summed E-state index contributed by atoms with van der Waals surface area (Å²) in [5, 5.41) is 0. The standard InChI is InChI=1S/C28H29F3O3/c1-2-3-4-11-16-26(28(29,30)31)34-27(32)23-17-18-24(22-14-9-6-10-15-22)25(19-23)33-20-21-12-7-5-8-13-21/h5-10,12-15,17-19,26H,2-4,11,16,20H2,1H3. The highest BCUT2D eigenvalue weighted by Crippen LogP contribution is 2.33. The largest absolute Gasteiger partial charge is 0.488 e. The fourth-order valence-electron chi connectivity index (χ4n) is 3.60. The van der Waals surface area contributed by atoms with E-state index in [1.807, 2.05) is 67.6 Å². The van der Waals surface area contributed by atoms with Crippen LogP contribution < -0.4 is 4.74 Å². The van der Waals surface area contributed by atoms with Crippen LogP contribution in [0.5, 0.6) is 5.75 Å². The Kier molecular flexibility index (Phi) is 9.14. The number of ether oxygens (including phenoxy) is 2. The second-order valence-corrected chi connectivity index (χ2v) is 8.14. The van der Waals surface area contributed by atoms with E-state index in [-0.39, 0.29) is 18.6 Å². The van der Waals surface area contributed by atoms with Crippen LogP contribution in [0.4, 0.5) is 13.2 Å². The molecule has 0 saturated carbocycles. The molecule has 0 bridgehead atoms. The van der Waals surface area contributed by atoms with Crippen LogP contribution in [0.15, 0.2) is 78.9 Å². The molecule has 3 aromatic carbocycles. The zero-order valence-corrected chi connectivity index (χ0v) is 19.2. The highest BCUT2D eigenvalue weighted by molar-refractivity contribution is 5.91. The van der Waals surface area contributed by atoms with Gasteiger partial charge < -0.3 is 9.47 Å². The SMILES string of the molecule is CCCCCCC(OC(=O)c1ccc(-c2ccccc2)c(OCc2ccccc2)c1)C(F)(F)F. The molecule has 0 fully saturated rings. The van der Waals surface area contributed by atoms with Gasteiger partial charge >= 0.3 is 12.1 Å². The third-order valence-corrected chi connectivity index (χ3v) is 5.47. The van der Waals surface area contributed by atoms with Gasteiger partial charge in [0.2, 0.25) is 0 Å². The molecule has 0 radical (unpaired) electrons. The average Bonchev–Trinajstić information content (AvgIpc) is 2.85. The van der Waals surface area contributed by atoms with E-state index < -0.39 is 18.2 Å². The monoisotopic (exact) mass is 470 g/mol. The summed E-state index contributed by atoms with van der Waals surface area (Å²) in [6.07, 6.45) is -4.20. The van der Waals surface area contributed by atoms with Crippen molar-refractivity contribution in [1.29, 1.82) is 0 Å². The summed E-state index contributed by atoms with van der Waals surface area (Å²) in [5.74, 6) is -0.613. The lowest BCUT2D eigenvalue weighted by molar-refractivity contribution is -0.206.